The topological polar surface area (TPSA) is 87.6 Å². The molecule has 6 heteroatoms. The van der Waals surface area contributed by atoms with Gasteiger partial charge in [0, 0.05) is 0 Å². The van der Waals surface area contributed by atoms with E-state index < -0.39 is 10.4 Å². The molecule has 0 radical (unpaired) electrons. The normalized spacial score (nSPS) is 13.3. The summed E-state index contributed by atoms with van der Waals surface area (Å²) < 4.78 is 30.6. The number of unbranched alkanes of at least 4 members (excludes halogenated alkanes) is 1. The maximum absolute atomic E-state index is 10.8. The summed E-state index contributed by atoms with van der Waals surface area (Å²) in [5.74, 6) is 0.305. The summed E-state index contributed by atoms with van der Waals surface area (Å²) in [6.45, 7) is 4.37. The highest BCUT2D eigenvalue weighted by molar-refractivity contribution is 7.81. The first-order chi connectivity index (χ1) is 6.55. The fraction of sp³-hybridized carbons (Fsp3) is 1.00. The van der Waals surface area contributed by atoms with E-state index in [0.717, 1.165) is 32.8 Å². The molecule has 0 bridgehead atoms. The smallest absolute Gasteiger partial charge is 0.344 e. The monoisotopic (exact) mass is 241 g/mol. The number of rotatable bonds is 8. The highest BCUT2D eigenvalue weighted by Gasteiger charge is 2.13. The molecule has 0 aromatic carbocycles. The second-order valence-corrected chi connectivity index (χ2v) is 4.66. The molecule has 0 aliphatic heterocycles. The van der Waals surface area contributed by atoms with Crippen LogP contribution >= 0.6 is 0 Å². The van der Waals surface area contributed by atoms with Gasteiger partial charge in [0.25, 0.3) is 0 Å². The molecule has 3 N–H and O–H groups in total. The third-order valence-electron chi connectivity index (χ3n) is 2.20. The Labute approximate surface area is 93.1 Å². The molecule has 0 aliphatic carbocycles. The summed E-state index contributed by atoms with van der Waals surface area (Å²) in [7, 11) is -2.65. The molecule has 1 atom stereocenters. The van der Waals surface area contributed by atoms with Crippen molar-refractivity contribution in [2.45, 2.75) is 39.5 Å². The maximum atomic E-state index is 10.8. The van der Waals surface area contributed by atoms with Crippen molar-refractivity contribution < 1.29 is 16.8 Å². The Balaban J connectivity index is 0. The molecule has 0 heterocycles. The second kappa shape index (κ2) is 9.08. The summed E-state index contributed by atoms with van der Waals surface area (Å²) in [5, 5.41) is 0. The minimum atomic E-state index is -3.75. The Morgan fingerprint density at radius 1 is 1.27 bits per heavy atom. The zero-order chi connectivity index (χ0) is 11.0. The van der Waals surface area contributed by atoms with Crippen LogP contribution in [0.15, 0.2) is 0 Å². The Morgan fingerprint density at radius 2 is 1.87 bits per heavy atom. The fourth-order valence-electron chi connectivity index (χ4n) is 1.13. The van der Waals surface area contributed by atoms with Gasteiger partial charge in [0.1, 0.15) is 0 Å². The quantitative estimate of drug-likeness (QED) is 0.704. The van der Waals surface area contributed by atoms with Gasteiger partial charge in [0.15, 0.2) is 0 Å². The molecular weight excluding hydrogens is 218 g/mol. The Kier molecular flexibility index (Phi) is 10.4. The van der Waals surface area contributed by atoms with E-state index >= 15 is 0 Å². The van der Waals surface area contributed by atoms with E-state index in [1.807, 2.05) is 6.92 Å². The molecule has 0 saturated carbocycles. The van der Waals surface area contributed by atoms with Crippen LogP contribution in [0.5, 0.6) is 0 Å². The molecule has 15 heavy (non-hydrogen) atoms. The lowest BCUT2D eigenvalue weighted by atomic mass is 10.0. The lowest BCUT2D eigenvalue weighted by Crippen LogP contribution is -2.15. The SMILES string of the molecule is CCCCC(CC)COS(=O)(=O)OC.N. The van der Waals surface area contributed by atoms with Crippen molar-refractivity contribution in [3.63, 3.8) is 0 Å². The van der Waals surface area contributed by atoms with Gasteiger partial charge >= 0.3 is 10.4 Å². The van der Waals surface area contributed by atoms with Crippen molar-refractivity contribution in [3.05, 3.63) is 0 Å². The summed E-state index contributed by atoms with van der Waals surface area (Å²) in [6, 6.07) is 0. The highest BCUT2D eigenvalue weighted by Crippen LogP contribution is 2.14. The van der Waals surface area contributed by atoms with Gasteiger partial charge in [0.05, 0.1) is 13.7 Å². The van der Waals surface area contributed by atoms with Gasteiger partial charge in [-0.15, -0.1) is 0 Å². The van der Waals surface area contributed by atoms with Crippen LogP contribution < -0.4 is 6.15 Å². The lowest BCUT2D eigenvalue weighted by Gasteiger charge is -2.13. The van der Waals surface area contributed by atoms with Crippen LogP contribution in [0.3, 0.4) is 0 Å². The minimum Gasteiger partial charge on any atom is -0.344 e. The van der Waals surface area contributed by atoms with E-state index in [1.54, 1.807) is 0 Å². The standard InChI is InChI=1S/C9H20O4S.H3N/c1-4-6-7-9(5-2)8-13-14(10,11)12-3;/h9H,4-8H2,1-3H3;1H3. The zero-order valence-electron chi connectivity index (χ0n) is 9.86. The van der Waals surface area contributed by atoms with Gasteiger partial charge in [-0.25, -0.2) is 4.18 Å². The fourth-order valence-corrected chi connectivity index (χ4v) is 1.58. The average Bonchev–Trinajstić information content (AvgIpc) is 2.18. The molecule has 0 fully saturated rings. The average molecular weight is 241 g/mol. The van der Waals surface area contributed by atoms with Gasteiger partial charge in [-0.05, 0) is 12.3 Å². The van der Waals surface area contributed by atoms with E-state index in [2.05, 4.69) is 15.3 Å². The predicted octanol–water partition coefficient (Wildman–Crippen LogP) is 2.27. The third kappa shape index (κ3) is 8.80. The first kappa shape index (κ1) is 17.2. The predicted molar refractivity (Wildman–Crippen MR) is 60.2 cm³/mol. The molecule has 0 aromatic heterocycles. The summed E-state index contributed by atoms with van der Waals surface area (Å²) >= 11 is 0. The van der Waals surface area contributed by atoms with Crippen LogP contribution in [0.4, 0.5) is 0 Å². The lowest BCUT2D eigenvalue weighted by molar-refractivity contribution is 0.197. The molecule has 0 spiro atoms. The molecule has 1 unspecified atom stereocenters. The van der Waals surface area contributed by atoms with Gasteiger partial charge in [-0.1, -0.05) is 33.1 Å². The Bertz CT molecular complexity index is 228. The number of hydrogen-bond donors (Lipinski definition) is 1. The van der Waals surface area contributed by atoms with Crippen LogP contribution in [0.2, 0.25) is 0 Å². The zero-order valence-corrected chi connectivity index (χ0v) is 10.7. The summed E-state index contributed by atoms with van der Waals surface area (Å²) in [4.78, 5) is 0. The first-order valence-electron chi connectivity index (χ1n) is 5.00. The molecule has 5 nitrogen and oxygen atoms in total. The van der Waals surface area contributed by atoms with E-state index in [9.17, 15) is 8.42 Å². The van der Waals surface area contributed by atoms with Crippen LogP contribution in [0.1, 0.15) is 39.5 Å². The maximum Gasteiger partial charge on any atom is 0.399 e. The molecule has 0 aliphatic rings. The first-order valence-corrected chi connectivity index (χ1v) is 6.34. The largest absolute Gasteiger partial charge is 0.399 e. The van der Waals surface area contributed by atoms with Gasteiger partial charge in [-0.2, -0.15) is 8.42 Å². The molecule has 0 saturated heterocycles. The molecule has 0 rings (SSSR count). The van der Waals surface area contributed by atoms with Crippen molar-refractivity contribution >= 4 is 10.4 Å². The van der Waals surface area contributed by atoms with Gasteiger partial charge in [0.2, 0.25) is 0 Å². The van der Waals surface area contributed by atoms with E-state index in [0.29, 0.717) is 5.92 Å². The van der Waals surface area contributed by atoms with Crippen LogP contribution in [-0.2, 0) is 18.8 Å². The van der Waals surface area contributed by atoms with Crippen LogP contribution in [0, 0.1) is 5.92 Å². The minimum absolute atomic E-state index is 0. The van der Waals surface area contributed by atoms with Crippen molar-refractivity contribution in [1.82, 2.24) is 6.15 Å². The van der Waals surface area contributed by atoms with Crippen molar-refractivity contribution in [3.8, 4) is 0 Å². The second-order valence-electron chi connectivity index (χ2n) is 3.28. The Morgan fingerprint density at radius 3 is 2.27 bits per heavy atom. The number of hydrogen-bond acceptors (Lipinski definition) is 5. The molecular formula is C9H23NO4S. The van der Waals surface area contributed by atoms with Gasteiger partial charge < -0.3 is 6.15 Å². The van der Waals surface area contributed by atoms with Crippen LogP contribution in [0.25, 0.3) is 0 Å². The van der Waals surface area contributed by atoms with E-state index in [4.69, 9.17) is 0 Å². The van der Waals surface area contributed by atoms with Crippen molar-refractivity contribution in [2.75, 3.05) is 13.7 Å². The molecule has 0 aromatic rings. The third-order valence-corrected chi connectivity index (χ3v) is 3.03. The summed E-state index contributed by atoms with van der Waals surface area (Å²) in [6.07, 6.45) is 4.16. The van der Waals surface area contributed by atoms with Gasteiger partial charge in [-0.3, -0.25) is 4.18 Å². The Hall–Kier alpha value is -0.170. The van der Waals surface area contributed by atoms with E-state index in [1.165, 1.54) is 0 Å². The van der Waals surface area contributed by atoms with Crippen molar-refractivity contribution in [2.24, 2.45) is 5.92 Å². The highest BCUT2D eigenvalue weighted by atomic mass is 32.3. The molecule has 94 valence electrons. The van der Waals surface area contributed by atoms with Crippen molar-refractivity contribution in [1.29, 1.82) is 0 Å². The van der Waals surface area contributed by atoms with E-state index in [-0.39, 0.29) is 12.8 Å². The molecule has 0 amide bonds. The summed E-state index contributed by atoms with van der Waals surface area (Å²) in [5.41, 5.74) is 0. The van der Waals surface area contributed by atoms with Crippen LogP contribution in [-0.4, -0.2) is 22.1 Å².